The number of anilines is 1. The van der Waals surface area contributed by atoms with E-state index in [2.05, 4.69) is 29.4 Å². The molecule has 1 amide bonds. The van der Waals surface area contributed by atoms with Gasteiger partial charge in [0.15, 0.2) is 8.68 Å². The van der Waals surface area contributed by atoms with Crippen LogP contribution >= 0.6 is 46.6 Å². The van der Waals surface area contributed by atoms with E-state index in [0.717, 1.165) is 25.0 Å². The zero-order valence-electron chi connectivity index (χ0n) is 13.2. The quantitative estimate of drug-likeness (QED) is 0.663. The fourth-order valence-electron chi connectivity index (χ4n) is 1.61. The predicted octanol–water partition coefficient (Wildman–Crippen LogP) is 4.74. The van der Waals surface area contributed by atoms with Crippen LogP contribution < -0.4 is 5.32 Å². The number of nitrogens with one attached hydrogen (secondary N) is 1. The topological polar surface area (TPSA) is 54.9 Å². The van der Waals surface area contributed by atoms with Crippen molar-refractivity contribution in [3.05, 3.63) is 24.3 Å². The average Bonchev–Trinajstić information content (AvgIpc) is 2.99. The van der Waals surface area contributed by atoms with Crippen LogP contribution in [-0.2, 0) is 4.79 Å². The van der Waals surface area contributed by atoms with E-state index in [4.69, 9.17) is 0 Å². The van der Waals surface area contributed by atoms with Gasteiger partial charge in [-0.3, -0.25) is 4.79 Å². The first kappa shape index (κ1) is 18.6. The Labute approximate surface area is 153 Å². The molecule has 2 rings (SSSR count). The van der Waals surface area contributed by atoms with Gasteiger partial charge in [-0.25, -0.2) is 0 Å². The van der Waals surface area contributed by atoms with Crippen molar-refractivity contribution < 1.29 is 4.79 Å². The van der Waals surface area contributed by atoms with Gasteiger partial charge < -0.3 is 5.32 Å². The first-order valence-electron chi connectivity index (χ1n) is 7.10. The average molecular weight is 386 g/mol. The van der Waals surface area contributed by atoms with Gasteiger partial charge in [0.2, 0.25) is 5.91 Å². The molecule has 1 N–H and O–H groups in total. The Morgan fingerprint density at radius 1 is 1.22 bits per heavy atom. The van der Waals surface area contributed by atoms with Crippen LogP contribution in [0.25, 0.3) is 0 Å². The summed E-state index contributed by atoms with van der Waals surface area (Å²) in [6.45, 7) is 4.36. The zero-order chi connectivity index (χ0) is 16.7. The van der Waals surface area contributed by atoms with Crippen molar-refractivity contribution in [2.24, 2.45) is 5.92 Å². The lowest BCUT2D eigenvalue weighted by Gasteiger charge is -2.08. The Morgan fingerprint density at radius 2 is 1.91 bits per heavy atom. The number of rotatable bonds is 8. The van der Waals surface area contributed by atoms with E-state index in [0.29, 0.717) is 11.7 Å². The Bertz CT molecular complexity index is 645. The van der Waals surface area contributed by atoms with Gasteiger partial charge in [-0.2, -0.15) is 0 Å². The maximum absolute atomic E-state index is 12.1. The molecule has 23 heavy (non-hydrogen) atoms. The summed E-state index contributed by atoms with van der Waals surface area (Å²) in [6.07, 6.45) is 2.00. The molecule has 0 saturated carbocycles. The van der Waals surface area contributed by atoms with Crippen LogP contribution in [0, 0.1) is 5.92 Å². The molecule has 0 saturated heterocycles. The molecule has 8 heteroatoms. The number of aromatic nitrogens is 2. The Kier molecular flexibility index (Phi) is 7.75. The lowest BCUT2D eigenvalue weighted by Crippen LogP contribution is -2.14. The third-order valence-corrected chi connectivity index (χ3v) is 7.05. The van der Waals surface area contributed by atoms with Gasteiger partial charge in [-0.15, -0.1) is 22.0 Å². The van der Waals surface area contributed by atoms with Gasteiger partial charge in [0.1, 0.15) is 0 Å². The van der Waals surface area contributed by atoms with Gasteiger partial charge in [0.05, 0.1) is 11.4 Å². The predicted molar refractivity (Wildman–Crippen MR) is 103 cm³/mol. The van der Waals surface area contributed by atoms with Crippen LogP contribution in [-0.4, -0.2) is 33.9 Å². The van der Waals surface area contributed by atoms with Crippen molar-refractivity contribution in [2.45, 2.75) is 27.4 Å². The molecule has 1 heterocycles. The van der Waals surface area contributed by atoms with E-state index in [-0.39, 0.29) is 5.91 Å². The highest BCUT2D eigenvalue weighted by molar-refractivity contribution is 8.03. The number of thioether (sulfide) groups is 3. The van der Waals surface area contributed by atoms with Crippen LogP contribution in [0.5, 0.6) is 0 Å². The van der Waals surface area contributed by atoms with Crippen molar-refractivity contribution in [3.63, 3.8) is 0 Å². The molecular weight excluding hydrogens is 366 g/mol. The molecule has 1 aromatic carbocycles. The van der Waals surface area contributed by atoms with E-state index >= 15 is 0 Å². The molecule has 124 valence electrons. The first-order chi connectivity index (χ1) is 11.1. The minimum Gasteiger partial charge on any atom is -0.324 e. The maximum atomic E-state index is 12.1. The summed E-state index contributed by atoms with van der Waals surface area (Å²) in [6, 6.07) is 7.80. The number of amides is 1. The third kappa shape index (κ3) is 6.37. The van der Waals surface area contributed by atoms with Crippen LogP contribution in [0.4, 0.5) is 5.69 Å². The molecule has 0 unspecified atom stereocenters. The van der Waals surface area contributed by atoms with Crippen molar-refractivity contribution in [1.82, 2.24) is 10.2 Å². The van der Waals surface area contributed by atoms with Crippen molar-refractivity contribution in [1.29, 1.82) is 0 Å². The molecular formula is C15H19N3OS4. The minimum absolute atomic E-state index is 0.0249. The van der Waals surface area contributed by atoms with Gasteiger partial charge in [-0.1, -0.05) is 60.8 Å². The second-order valence-electron chi connectivity index (χ2n) is 5.08. The van der Waals surface area contributed by atoms with Crippen LogP contribution in [0.15, 0.2) is 37.8 Å². The molecule has 0 aliphatic carbocycles. The summed E-state index contributed by atoms with van der Waals surface area (Å²) >= 11 is 6.32. The maximum Gasteiger partial charge on any atom is 0.234 e. The van der Waals surface area contributed by atoms with E-state index in [1.807, 2.05) is 30.5 Å². The number of hydrogen-bond donors (Lipinski definition) is 1. The van der Waals surface area contributed by atoms with Crippen molar-refractivity contribution in [2.75, 3.05) is 23.1 Å². The van der Waals surface area contributed by atoms with E-state index in [9.17, 15) is 4.79 Å². The summed E-state index contributed by atoms with van der Waals surface area (Å²) in [4.78, 5) is 13.1. The number of carbonyl (C=O) groups excluding carboxylic acids is 1. The highest BCUT2D eigenvalue weighted by atomic mass is 32.2. The molecule has 0 aliphatic heterocycles. The van der Waals surface area contributed by atoms with Crippen LogP contribution in [0.1, 0.15) is 13.8 Å². The zero-order valence-corrected chi connectivity index (χ0v) is 16.5. The monoisotopic (exact) mass is 385 g/mol. The van der Waals surface area contributed by atoms with Gasteiger partial charge in [0, 0.05) is 10.6 Å². The van der Waals surface area contributed by atoms with Gasteiger partial charge in [0.25, 0.3) is 0 Å². The van der Waals surface area contributed by atoms with Crippen LogP contribution in [0.2, 0.25) is 0 Å². The second kappa shape index (κ2) is 9.56. The van der Waals surface area contributed by atoms with E-state index in [1.54, 1.807) is 34.9 Å². The largest absolute Gasteiger partial charge is 0.324 e. The Hall–Kier alpha value is -0.700. The smallest absolute Gasteiger partial charge is 0.234 e. The van der Waals surface area contributed by atoms with Crippen molar-refractivity contribution in [3.8, 4) is 0 Å². The molecule has 0 bridgehead atoms. The van der Waals surface area contributed by atoms with Crippen molar-refractivity contribution >= 4 is 58.2 Å². The first-order valence-corrected chi connectivity index (χ1v) is 11.1. The molecule has 0 fully saturated rings. The highest BCUT2D eigenvalue weighted by Gasteiger charge is 2.10. The normalized spacial score (nSPS) is 11.0. The lowest BCUT2D eigenvalue weighted by atomic mass is 10.3. The molecule has 0 atom stereocenters. The summed E-state index contributed by atoms with van der Waals surface area (Å²) in [5.74, 6) is 1.97. The van der Waals surface area contributed by atoms with E-state index < -0.39 is 0 Å². The molecule has 0 aliphatic rings. The molecule has 1 aromatic heterocycles. The second-order valence-corrected chi connectivity index (χ2v) is 9.39. The Balaban J connectivity index is 1.82. The van der Waals surface area contributed by atoms with Gasteiger partial charge >= 0.3 is 0 Å². The standard InChI is InChI=1S/C15H19N3OS4/c1-10(2)8-21-14-17-18-15(23-14)22-9-13(19)16-11-6-4-5-7-12(11)20-3/h4-7,10H,8-9H2,1-3H3,(H,16,19). The van der Waals surface area contributed by atoms with Gasteiger partial charge in [-0.05, 0) is 24.3 Å². The molecule has 0 radical (unpaired) electrons. The number of hydrogen-bond acceptors (Lipinski definition) is 7. The minimum atomic E-state index is -0.0249. The molecule has 4 nitrogen and oxygen atoms in total. The fourth-order valence-corrected chi connectivity index (χ4v) is 4.96. The molecule has 0 spiro atoms. The Morgan fingerprint density at radius 3 is 2.61 bits per heavy atom. The number of para-hydroxylation sites is 1. The summed E-state index contributed by atoms with van der Waals surface area (Å²) in [5.41, 5.74) is 0.857. The summed E-state index contributed by atoms with van der Waals surface area (Å²) in [5, 5.41) is 11.2. The number of nitrogens with zero attached hydrogens (tertiary/aromatic N) is 2. The fraction of sp³-hybridized carbons (Fsp3) is 0.400. The SMILES string of the molecule is CSc1ccccc1NC(=O)CSc1nnc(SCC(C)C)s1. The number of carbonyl (C=O) groups is 1. The molecule has 2 aromatic rings. The third-order valence-electron chi connectivity index (χ3n) is 2.64. The number of benzene rings is 1. The highest BCUT2D eigenvalue weighted by Crippen LogP contribution is 2.30. The summed E-state index contributed by atoms with van der Waals surface area (Å²) in [7, 11) is 0. The lowest BCUT2D eigenvalue weighted by molar-refractivity contribution is -0.113. The summed E-state index contributed by atoms with van der Waals surface area (Å²) < 4.78 is 1.80. The van der Waals surface area contributed by atoms with E-state index in [1.165, 1.54) is 11.8 Å². The van der Waals surface area contributed by atoms with Crippen LogP contribution in [0.3, 0.4) is 0 Å².